The number of hydrogen-bond acceptors (Lipinski definition) is 2. The van der Waals surface area contributed by atoms with Crippen LogP contribution >= 0.6 is 15.9 Å². The molecule has 0 atom stereocenters. The van der Waals surface area contributed by atoms with Gasteiger partial charge in [-0.05, 0) is 43.7 Å². The maximum Gasteiger partial charge on any atom is 0.0793 e. The van der Waals surface area contributed by atoms with Gasteiger partial charge < -0.3 is 0 Å². The molecule has 1 heterocycles. The lowest BCUT2D eigenvalue weighted by Crippen LogP contribution is -1.99. The van der Waals surface area contributed by atoms with Gasteiger partial charge in [0.1, 0.15) is 0 Å². The van der Waals surface area contributed by atoms with E-state index in [1.54, 1.807) is 0 Å². The Kier molecular flexibility index (Phi) is 3.30. The Bertz CT molecular complexity index is 593. The second-order valence-electron chi connectivity index (χ2n) is 3.96. The minimum absolute atomic E-state index is 0.351. The number of hydrogen-bond donors (Lipinski definition) is 0. The third-order valence-corrected chi connectivity index (χ3v) is 3.47. The molecule has 17 heavy (non-hydrogen) atoms. The summed E-state index contributed by atoms with van der Waals surface area (Å²) in [6, 6.07) is 10.1. The zero-order chi connectivity index (χ0) is 12.4. The summed E-state index contributed by atoms with van der Waals surface area (Å²) in [6.07, 6.45) is 0.351. The van der Waals surface area contributed by atoms with Crippen molar-refractivity contribution >= 4 is 15.9 Å². The van der Waals surface area contributed by atoms with Crippen molar-refractivity contribution in [1.82, 2.24) is 9.78 Å². The fraction of sp³-hybridized carbons (Fsp3) is 0.231. The molecule has 1 aromatic carbocycles. The molecule has 2 aromatic rings. The Morgan fingerprint density at radius 2 is 2.12 bits per heavy atom. The molecule has 2 rings (SSSR count). The zero-order valence-electron chi connectivity index (χ0n) is 9.74. The van der Waals surface area contributed by atoms with E-state index in [0.717, 1.165) is 21.5 Å². The van der Waals surface area contributed by atoms with E-state index >= 15 is 0 Å². The van der Waals surface area contributed by atoms with Gasteiger partial charge in [0.05, 0.1) is 23.9 Å². The summed E-state index contributed by atoms with van der Waals surface area (Å²) in [7, 11) is 0. The predicted octanol–water partition coefficient (Wildman–Crippen LogP) is 3.32. The number of halogens is 1. The second-order valence-corrected chi connectivity index (χ2v) is 4.81. The molecular formula is C13H12BrN3. The first-order valence-electron chi connectivity index (χ1n) is 5.31. The van der Waals surface area contributed by atoms with Gasteiger partial charge in [0.25, 0.3) is 0 Å². The molecule has 0 saturated heterocycles. The predicted molar refractivity (Wildman–Crippen MR) is 70.1 cm³/mol. The summed E-state index contributed by atoms with van der Waals surface area (Å²) in [5.41, 5.74) is 4.04. The molecule has 0 amide bonds. The third-order valence-electron chi connectivity index (χ3n) is 2.58. The van der Waals surface area contributed by atoms with Gasteiger partial charge in [0.2, 0.25) is 0 Å². The van der Waals surface area contributed by atoms with Gasteiger partial charge in [-0.1, -0.05) is 15.9 Å². The summed E-state index contributed by atoms with van der Waals surface area (Å²) >= 11 is 3.48. The van der Waals surface area contributed by atoms with Crippen LogP contribution in [-0.2, 0) is 6.42 Å². The molecule has 4 heteroatoms. The molecule has 0 saturated carbocycles. The monoisotopic (exact) mass is 289 g/mol. The van der Waals surface area contributed by atoms with Crippen LogP contribution in [0.2, 0.25) is 0 Å². The second kappa shape index (κ2) is 4.72. The van der Waals surface area contributed by atoms with Gasteiger partial charge in [0, 0.05) is 10.2 Å². The normalized spacial score (nSPS) is 10.2. The highest BCUT2D eigenvalue weighted by Crippen LogP contribution is 2.20. The largest absolute Gasteiger partial charge is 0.238 e. The minimum atomic E-state index is 0.351. The Labute approximate surface area is 109 Å². The number of aromatic nitrogens is 2. The van der Waals surface area contributed by atoms with Crippen LogP contribution in [-0.4, -0.2) is 9.78 Å². The van der Waals surface area contributed by atoms with Crippen molar-refractivity contribution in [2.45, 2.75) is 20.3 Å². The average Bonchev–Trinajstić information content (AvgIpc) is 2.64. The number of benzene rings is 1. The first-order chi connectivity index (χ1) is 8.11. The van der Waals surface area contributed by atoms with Crippen molar-refractivity contribution in [3.63, 3.8) is 0 Å². The van der Waals surface area contributed by atoms with Crippen LogP contribution < -0.4 is 0 Å². The van der Waals surface area contributed by atoms with Crippen molar-refractivity contribution in [2.24, 2.45) is 0 Å². The van der Waals surface area contributed by atoms with Gasteiger partial charge in [0.15, 0.2) is 0 Å². The van der Waals surface area contributed by atoms with Crippen LogP contribution in [0.3, 0.4) is 0 Å². The van der Waals surface area contributed by atoms with Crippen molar-refractivity contribution in [1.29, 1.82) is 5.26 Å². The number of aryl methyl sites for hydroxylation is 2. The molecule has 86 valence electrons. The number of nitrogens with zero attached hydrogens (tertiary/aromatic N) is 3. The van der Waals surface area contributed by atoms with Gasteiger partial charge in [-0.25, -0.2) is 4.68 Å². The SMILES string of the molecule is Cc1cc(-n2nc(CC#N)cc2C)ccc1Br. The lowest BCUT2D eigenvalue weighted by atomic mass is 10.2. The quantitative estimate of drug-likeness (QED) is 0.851. The molecule has 1 aromatic heterocycles. The highest BCUT2D eigenvalue weighted by Gasteiger charge is 2.06. The van der Waals surface area contributed by atoms with Gasteiger partial charge in [-0.2, -0.15) is 10.4 Å². The lowest BCUT2D eigenvalue weighted by molar-refractivity contribution is 0.825. The van der Waals surface area contributed by atoms with E-state index in [4.69, 9.17) is 5.26 Å². The Morgan fingerprint density at radius 1 is 1.35 bits per heavy atom. The molecule has 0 aliphatic rings. The van der Waals surface area contributed by atoms with Crippen LogP contribution in [0.25, 0.3) is 5.69 Å². The minimum Gasteiger partial charge on any atom is -0.238 e. The van der Waals surface area contributed by atoms with E-state index in [9.17, 15) is 0 Å². The van der Waals surface area contributed by atoms with E-state index in [0.29, 0.717) is 6.42 Å². The van der Waals surface area contributed by atoms with E-state index in [1.165, 1.54) is 5.56 Å². The molecule has 0 bridgehead atoms. The van der Waals surface area contributed by atoms with Crippen molar-refractivity contribution in [3.05, 3.63) is 45.7 Å². The van der Waals surface area contributed by atoms with E-state index in [2.05, 4.69) is 33.2 Å². The standard InChI is InChI=1S/C13H12BrN3/c1-9-7-12(3-4-13(9)14)17-10(2)8-11(16-17)5-6-15/h3-4,7-8H,5H2,1-2H3. The highest BCUT2D eigenvalue weighted by molar-refractivity contribution is 9.10. The van der Waals surface area contributed by atoms with Gasteiger partial charge in [-0.15, -0.1) is 0 Å². The van der Waals surface area contributed by atoms with E-state index in [-0.39, 0.29) is 0 Å². The van der Waals surface area contributed by atoms with Gasteiger partial charge >= 0.3 is 0 Å². The van der Waals surface area contributed by atoms with Crippen molar-refractivity contribution in [3.8, 4) is 11.8 Å². The fourth-order valence-electron chi connectivity index (χ4n) is 1.73. The zero-order valence-corrected chi connectivity index (χ0v) is 11.3. The lowest BCUT2D eigenvalue weighted by Gasteiger charge is -2.06. The Balaban J connectivity index is 2.46. The molecule has 0 unspecified atom stereocenters. The van der Waals surface area contributed by atoms with Crippen LogP contribution in [0.4, 0.5) is 0 Å². The molecule has 0 fully saturated rings. The molecule has 0 aliphatic carbocycles. The van der Waals surface area contributed by atoms with Crippen LogP contribution in [0.15, 0.2) is 28.7 Å². The number of rotatable bonds is 2. The highest BCUT2D eigenvalue weighted by atomic mass is 79.9. The topological polar surface area (TPSA) is 41.6 Å². The van der Waals surface area contributed by atoms with Crippen LogP contribution in [0, 0.1) is 25.2 Å². The van der Waals surface area contributed by atoms with E-state index < -0.39 is 0 Å². The first kappa shape index (κ1) is 11.9. The maximum atomic E-state index is 8.67. The third kappa shape index (κ3) is 2.40. The summed E-state index contributed by atoms with van der Waals surface area (Å²) in [4.78, 5) is 0. The van der Waals surface area contributed by atoms with Gasteiger partial charge in [-0.3, -0.25) is 0 Å². The van der Waals surface area contributed by atoms with Crippen LogP contribution in [0.1, 0.15) is 17.0 Å². The Hall–Kier alpha value is -1.60. The summed E-state index contributed by atoms with van der Waals surface area (Å²) in [5.74, 6) is 0. The average molecular weight is 290 g/mol. The maximum absolute atomic E-state index is 8.67. The fourth-order valence-corrected chi connectivity index (χ4v) is 1.97. The summed E-state index contributed by atoms with van der Waals surface area (Å²) in [6.45, 7) is 4.04. The Morgan fingerprint density at radius 3 is 2.76 bits per heavy atom. The molecule has 3 nitrogen and oxygen atoms in total. The molecule has 0 spiro atoms. The van der Waals surface area contributed by atoms with Crippen molar-refractivity contribution < 1.29 is 0 Å². The van der Waals surface area contributed by atoms with Crippen molar-refractivity contribution in [2.75, 3.05) is 0 Å². The summed E-state index contributed by atoms with van der Waals surface area (Å²) in [5, 5.41) is 13.1. The molecule has 0 N–H and O–H groups in total. The molecule has 0 aliphatic heterocycles. The van der Waals surface area contributed by atoms with Crippen LogP contribution in [0.5, 0.6) is 0 Å². The molecule has 0 radical (unpaired) electrons. The number of nitriles is 1. The van der Waals surface area contributed by atoms with E-state index in [1.807, 2.05) is 36.7 Å². The summed E-state index contributed by atoms with van der Waals surface area (Å²) < 4.78 is 2.95. The smallest absolute Gasteiger partial charge is 0.0793 e. The molecular weight excluding hydrogens is 278 g/mol. The first-order valence-corrected chi connectivity index (χ1v) is 6.10.